The maximum atomic E-state index is 12.8. The molecule has 0 atom stereocenters. The van der Waals surface area contributed by atoms with Gasteiger partial charge in [-0.2, -0.15) is 4.99 Å². The number of terminal acetylenes is 1. The number of carbonyl (C=O) groups is 2. The molecule has 1 aromatic heterocycles. The third-order valence-electron chi connectivity index (χ3n) is 4.15. The van der Waals surface area contributed by atoms with Crippen LogP contribution in [0.15, 0.2) is 41.4 Å². The molecule has 3 aromatic rings. The maximum Gasteiger partial charge on any atom is 0.337 e. The highest BCUT2D eigenvalue weighted by atomic mass is 32.1. The Morgan fingerprint density at radius 2 is 1.76 bits per heavy atom. The van der Waals surface area contributed by atoms with Crippen LogP contribution in [-0.4, -0.2) is 37.8 Å². The minimum atomic E-state index is -0.465. The molecule has 0 saturated heterocycles. The lowest BCUT2D eigenvalue weighted by Gasteiger charge is -2.06. The standard InChI is InChI=1S/C21H18N2O5S/c1-5-8-23-17-7-6-13(20(25)28-4)11-18(17)29-21(23)22-19(24)14-9-15(26-2)12-16(10-14)27-3/h1,6-7,9-12H,8H2,2-4H3. The molecule has 7 nitrogen and oxygen atoms in total. The lowest BCUT2D eigenvalue weighted by molar-refractivity contribution is 0.0601. The minimum absolute atomic E-state index is 0.227. The van der Waals surface area contributed by atoms with Gasteiger partial charge in [0.15, 0.2) is 4.80 Å². The Labute approximate surface area is 171 Å². The van der Waals surface area contributed by atoms with Crippen molar-refractivity contribution in [2.24, 2.45) is 4.99 Å². The van der Waals surface area contributed by atoms with E-state index in [0.717, 1.165) is 10.2 Å². The summed E-state index contributed by atoms with van der Waals surface area (Å²) in [4.78, 5) is 29.3. The third-order valence-corrected chi connectivity index (χ3v) is 5.19. The molecule has 3 rings (SSSR count). The van der Waals surface area contributed by atoms with Gasteiger partial charge in [-0.25, -0.2) is 4.79 Å². The van der Waals surface area contributed by atoms with Gasteiger partial charge in [0.1, 0.15) is 11.5 Å². The van der Waals surface area contributed by atoms with Gasteiger partial charge >= 0.3 is 5.97 Å². The van der Waals surface area contributed by atoms with Crippen molar-refractivity contribution in [2.45, 2.75) is 6.54 Å². The molecule has 0 aliphatic rings. The highest BCUT2D eigenvalue weighted by Gasteiger charge is 2.13. The van der Waals surface area contributed by atoms with Crippen LogP contribution in [0.4, 0.5) is 0 Å². The molecular formula is C21H18N2O5S. The highest BCUT2D eigenvalue weighted by molar-refractivity contribution is 7.16. The fourth-order valence-electron chi connectivity index (χ4n) is 2.73. The molecule has 0 saturated carbocycles. The van der Waals surface area contributed by atoms with Gasteiger partial charge in [-0.3, -0.25) is 4.79 Å². The van der Waals surface area contributed by atoms with E-state index in [9.17, 15) is 9.59 Å². The minimum Gasteiger partial charge on any atom is -0.497 e. The van der Waals surface area contributed by atoms with Crippen molar-refractivity contribution < 1.29 is 23.8 Å². The Morgan fingerprint density at radius 3 is 2.34 bits per heavy atom. The van der Waals surface area contributed by atoms with Crippen LogP contribution in [0.2, 0.25) is 0 Å². The lowest BCUT2D eigenvalue weighted by atomic mass is 10.2. The summed E-state index contributed by atoms with van der Waals surface area (Å²) in [6.07, 6.45) is 5.50. The summed E-state index contributed by atoms with van der Waals surface area (Å²) in [6.45, 7) is 0.227. The van der Waals surface area contributed by atoms with Gasteiger partial charge in [0, 0.05) is 11.6 Å². The Bertz CT molecular complexity index is 1180. The van der Waals surface area contributed by atoms with Gasteiger partial charge in [-0.1, -0.05) is 17.3 Å². The number of benzene rings is 2. The van der Waals surface area contributed by atoms with Crippen LogP contribution in [-0.2, 0) is 11.3 Å². The molecular weight excluding hydrogens is 392 g/mol. The summed E-state index contributed by atoms with van der Waals surface area (Å²) in [5.74, 6) is 2.63. The largest absolute Gasteiger partial charge is 0.497 e. The number of amides is 1. The second-order valence-corrected chi connectivity index (χ2v) is 6.88. The van der Waals surface area contributed by atoms with Crippen molar-refractivity contribution in [1.29, 1.82) is 0 Å². The Balaban J connectivity index is 2.13. The summed E-state index contributed by atoms with van der Waals surface area (Å²) in [5, 5.41) is 0. The number of hydrogen-bond donors (Lipinski definition) is 0. The topological polar surface area (TPSA) is 79.1 Å². The fraction of sp³-hybridized carbons (Fsp3) is 0.190. The number of hydrogen-bond acceptors (Lipinski definition) is 6. The molecule has 148 valence electrons. The van der Waals surface area contributed by atoms with Crippen LogP contribution in [0.1, 0.15) is 20.7 Å². The van der Waals surface area contributed by atoms with E-state index in [1.54, 1.807) is 41.0 Å². The maximum absolute atomic E-state index is 12.8. The zero-order valence-corrected chi connectivity index (χ0v) is 16.9. The first kappa shape index (κ1) is 20.2. The molecule has 0 unspecified atom stereocenters. The first-order chi connectivity index (χ1) is 14.0. The third kappa shape index (κ3) is 4.15. The number of carbonyl (C=O) groups excluding carboxylic acids is 2. The smallest absolute Gasteiger partial charge is 0.337 e. The summed E-state index contributed by atoms with van der Waals surface area (Å²) in [5.41, 5.74) is 1.50. The number of aromatic nitrogens is 1. The number of methoxy groups -OCH3 is 3. The highest BCUT2D eigenvalue weighted by Crippen LogP contribution is 2.23. The number of thiazole rings is 1. The van der Waals surface area contributed by atoms with Crippen LogP contribution in [0, 0.1) is 12.3 Å². The van der Waals surface area contributed by atoms with Crippen molar-refractivity contribution in [3.63, 3.8) is 0 Å². The summed E-state index contributed by atoms with van der Waals surface area (Å²) >= 11 is 1.26. The normalized spacial score (nSPS) is 11.2. The molecule has 1 heterocycles. The van der Waals surface area contributed by atoms with Crippen molar-refractivity contribution in [3.8, 4) is 23.8 Å². The van der Waals surface area contributed by atoms with Crippen molar-refractivity contribution in [2.75, 3.05) is 21.3 Å². The predicted octanol–water partition coefficient (Wildman–Crippen LogP) is 2.88. The first-order valence-corrected chi connectivity index (χ1v) is 9.29. The molecule has 0 fully saturated rings. The summed E-state index contributed by atoms with van der Waals surface area (Å²) in [6, 6.07) is 9.94. The quantitative estimate of drug-likeness (QED) is 0.477. The number of rotatable bonds is 5. The monoisotopic (exact) mass is 410 g/mol. The van der Waals surface area contributed by atoms with E-state index < -0.39 is 11.9 Å². The van der Waals surface area contributed by atoms with Gasteiger partial charge in [0.05, 0.1) is 43.7 Å². The predicted molar refractivity (Wildman–Crippen MR) is 109 cm³/mol. The van der Waals surface area contributed by atoms with Crippen LogP contribution >= 0.6 is 11.3 Å². The number of esters is 1. The van der Waals surface area contributed by atoms with Gasteiger partial charge in [0.2, 0.25) is 0 Å². The fourth-order valence-corrected chi connectivity index (χ4v) is 3.80. The van der Waals surface area contributed by atoms with Crippen molar-refractivity contribution in [3.05, 3.63) is 52.3 Å². The number of nitrogens with zero attached hydrogens (tertiary/aromatic N) is 2. The first-order valence-electron chi connectivity index (χ1n) is 8.48. The Hall–Kier alpha value is -3.57. The van der Waals surface area contributed by atoms with Gasteiger partial charge < -0.3 is 18.8 Å². The number of fused-ring (bicyclic) bond motifs is 1. The second kappa shape index (κ2) is 8.63. The SMILES string of the molecule is C#CCn1c(=NC(=O)c2cc(OC)cc(OC)c2)sc2cc(C(=O)OC)ccc21. The van der Waals surface area contributed by atoms with E-state index in [0.29, 0.717) is 27.4 Å². The molecule has 0 aliphatic heterocycles. The van der Waals surface area contributed by atoms with E-state index in [2.05, 4.69) is 10.9 Å². The van der Waals surface area contributed by atoms with E-state index in [1.165, 1.54) is 32.7 Å². The van der Waals surface area contributed by atoms with E-state index in [4.69, 9.17) is 20.6 Å². The van der Waals surface area contributed by atoms with E-state index in [1.807, 2.05) is 0 Å². The van der Waals surface area contributed by atoms with E-state index in [-0.39, 0.29) is 6.54 Å². The van der Waals surface area contributed by atoms with E-state index >= 15 is 0 Å². The molecule has 0 N–H and O–H groups in total. The molecule has 2 aromatic carbocycles. The summed E-state index contributed by atoms with van der Waals surface area (Å²) < 4.78 is 17.7. The molecule has 1 amide bonds. The van der Waals surface area contributed by atoms with Crippen LogP contribution < -0.4 is 14.3 Å². The molecule has 0 bridgehead atoms. The average Bonchev–Trinajstić information content (AvgIpc) is 3.09. The molecule has 8 heteroatoms. The molecule has 0 aliphatic carbocycles. The second-order valence-electron chi connectivity index (χ2n) is 5.87. The van der Waals surface area contributed by atoms with Crippen molar-refractivity contribution >= 4 is 33.4 Å². The Morgan fingerprint density at radius 1 is 1.07 bits per heavy atom. The Kier molecular flexibility index (Phi) is 6.00. The van der Waals surface area contributed by atoms with Crippen molar-refractivity contribution in [1.82, 2.24) is 4.57 Å². The van der Waals surface area contributed by atoms with Crippen LogP contribution in [0.25, 0.3) is 10.2 Å². The van der Waals surface area contributed by atoms with Crippen LogP contribution in [0.3, 0.4) is 0 Å². The van der Waals surface area contributed by atoms with Gasteiger partial charge in [0.25, 0.3) is 5.91 Å². The molecule has 0 radical (unpaired) electrons. The summed E-state index contributed by atoms with van der Waals surface area (Å²) in [7, 11) is 4.33. The zero-order chi connectivity index (χ0) is 21.0. The average molecular weight is 410 g/mol. The zero-order valence-electron chi connectivity index (χ0n) is 16.1. The molecule has 29 heavy (non-hydrogen) atoms. The van der Waals surface area contributed by atoms with Gasteiger partial charge in [-0.15, -0.1) is 6.42 Å². The lowest BCUT2D eigenvalue weighted by Crippen LogP contribution is -2.16. The molecule has 0 spiro atoms. The van der Waals surface area contributed by atoms with Gasteiger partial charge in [-0.05, 0) is 30.3 Å². The van der Waals surface area contributed by atoms with Crippen LogP contribution in [0.5, 0.6) is 11.5 Å². The number of ether oxygens (including phenoxy) is 3.